The zero-order chi connectivity index (χ0) is 24.6. The van der Waals surface area contributed by atoms with Crippen LogP contribution in [0.15, 0.2) is 108 Å². The average Bonchev–Trinajstić information content (AvgIpc) is 3.38. The molecule has 0 radical (unpaired) electrons. The second-order valence-electron chi connectivity index (χ2n) is 8.17. The van der Waals surface area contributed by atoms with Crippen molar-refractivity contribution in [1.29, 1.82) is 0 Å². The van der Waals surface area contributed by atoms with Gasteiger partial charge in [-0.15, -0.1) is 11.3 Å². The normalized spacial score (nSPS) is 11.2. The number of hydrogen-bond acceptors (Lipinski definition) is 5. The second kappa shape index (κ2) is 11.7. The van der Waals surface area contributed by atoms with Gasteiger partial charge in [0.15, 0.2) is 5.11 Å². The predicted octanol–water partition coefficient (Wildman–Crippen LogP) is 6.55. The van der Waals surface area contributed by atoms with Crippen molar-refractivity contribution in [3.05, 3.63) is 115 Å². The van der Waals surface area contributed by atoms with Gasteiger partial charge in [0, 0.05) is 23.6 Å². The van der Waals surface area contributed by atoms with Crippen molar-refractivity contribution >= 4 is 50.9 Å². The number of benzene rings is 3. The summed E-state index contributed by atoms with van der Waals surface area (Å²) < 4.78 is 1.03. The van der Waals surface area contributed by atoms with Crippen LogP contribution in [-0.2, 0) is 0 Å². The fourth-order valence-electron chi connectivity index (χ4n) is 4.03. The third kappa shape index (κ3) is 5.82. The lowest BCUT2D eigenvalue weighted by Crippen LogP contribution is -2.26. The van der Waals surface area contributed by atoms with Crippen LogP contribution in [-0.4, -0.2) is 34.4 Å². The van der Waals surface area contributed by atoms with Crippen LogP contribution >= 0.6 is 23.6 Å². The third-order valence-corrected chi connectivity index (χ3v) is 7.23. The molecule has 0 fully saturated rings. The molecule has 5 aromatic rings. The van der Waals surface area contributed by atoms with Crippen molar-refractivity contribution in [3.63, 3.8) is 0 Å². The van der Waals surface area contributed by atoms with E-state index in [1.165, 1.54) is 21.6 Å². The lowest BCUT2D eigenvalue weighted by Gasteiger charge is -2.18. The minimum atomic E-state index is 0.186. The van der Waals surface area contributed by atoms with Crippen molar-refractivity contribution in [2.75, 3.05) is 18.4 Å². The van der Waals surface area contributed by atoms with Crippen molar-refractivity contribution in [1.82, 2.24) is 15.3 Å². The average molecular weight is 508 g/mol. The van der Waals surface area contributed by atoms with Crippen LogP contribution in [0.2, 0.25) is 0 Å². The van der Waals surface area contributed by atoms with E-state index in [1.807, 2.05) is 30.3 Å². The predicted molar refractivity (Wildman–Crippen MR) is 155 cm³/mol. The number of aromatic nitrogens is 2. The van der Waals surface area contributed by atoms with E-state index in [2.05, 4.69) is 92.3 Å². The van der Waals surface area contributed by atoms with Crippen LogP contribution in [0.25, 0.3) is 20.7 Å². The molecule has 0 aliphatic carbocycles. The molecular formula is C29H25N5S2. The smallest absolute Gasteiger partial charge is 0.192 e. The van der Waals surface area contributed by atoms with Gasteiger partial charge in [-0.25, -0.2) is 15.0 Å². The molecule has 5 nitrogen and oxygen atoms in total. The molecule has 0 bridgehead atoms. The fraction of sp³-hybridized carbons (Fsp3) is 0.103. The molecule has 0 saturated carbocycles. The third-order valence-electron chi connectivity index (χ3n) is 5.80. The number of fused-ring (bicyclic) bond motifs is 1. The number of thiocarbonyl (C=S) groups is 1. The zero-order valence-electron chi connectivity index (χ0n) is 19.5. The molecule has 0 spiro atoms. The molecule has 0 unspecified atom stereocenters. The molecule has 2 aromatic heterocycles. The maximum absolute atomic E-state index is 5.48. The summed E-state index contributed by atoms with van der Waals surface area (Å²) >= 11 is 7.15. The Hall–Kier alpha value is -3.94. The van der Waals surface area contributed by atoms with Crippen LogP contribution in [0, 0.1) is 0 Å². The largest absolute Gasteiger partial charge is 0.364 e. The van der Waals surface area contributed by atoms with E-state index >= 15 is 0 Å². The van der Waals surface area contributed by atoms with Gasteiger partial charge in [0.05, 0.1) is 16.8 Å². The summed E-state index contributed by atoms with van der Waals surface area (Å²) in [5, 5.41) is 7.12. The van der Waals surface area contributed by atoms with E-state index in [4.69, 9.17) is 12.2 Å². The second-order valence-corrected chi connectivity index (χ2v) is 9.60. The maximum atomic E-state index is 5.48. The number of anilines is 1. The first-order chi connectivity index (χ1) is 17.8. The molecule has 36 heavy (non-hydrogen) atoms. The van der Waals surface area contributed by atoms with Crippen LogP contribution < -0.4 is 10.6 Å². The first-order valence-corrected chi connectivity index (χ1v) is 12.9. The van der Waals surface area contributed by atoms with Crippen molar-refractivity contribution in [2.45, 2.75) is 5.92 Å². The molecule has 2 N–H and O–H groups in total. The van der Waals surface area contributed by atoms with Gasteiger partial charge >= 0.3 is 0 Å². The molecule has 0 aliphatic heterocycles. The van der Waals surface area contributed by atoms with Gasteiger partial charge in [0.1, 0.15) is 12.1 Å². The van der Waals surface area contributed by atoms with Crippen LogP contribution in [0.5, 0.6) is 0 Å². The fourth-order valence-corrected chi connectivity index (χ4v) is 5.27. The van der Waals surface area contributed by atoms with Crippen molar-refractivity contribution < 1.29 is 0 Å². The summed E-state index contributed by atoms with van der Waals surface area (Å²) in [5.41, 5.74) is 4.58. The minimum absolute atomic E-state index is 0.186. The highest BCUT2D eigenvalue weighted by atomic mass is 32.1. The minimum Gasteiger partial charge on any atom is -0.364 e. The quantitative estimate of drug-likeness (QED) is 0.184. The molecule has 2 heterocycles. The molecule has 0 atom stereocenters. The van der Waals surface area contributed by atoms with Crippen molar-refractivity contribution in [2.24, 2.45) is 4.99 Å². The first-order valence-electron chi connectivity index (χ1n) is 11.7. The summed E-state index contributed by atoms with van der Waals surface area (Å²) in [7, 11) is 0. The Labute approximate surface area is 220 Å². The lowest BCUT2D eigenvalue weighted by molar-refractivity contribution is 0.759. The SMILES string of the molecule is S=C(/N=C/CNc1ncnc2cc(-c3ccccc3)sc12)NCC(c1ccccc1)c1ccccc1. The Bertz CT molecular complexity index is 1410. The lowest BCUT2D eigenvalue weighted by atomic mass is 9.91. The molecule has 7 heteroatoms. The van der Waals surface area contributed by atoms with Gasteiger partial charge in [-0.3, -0.25) is 0 Å². The number of nitrogens with zero attached hydrogens (tertiary/aromatic N) is 3. The highest BCUT2D eigenvalue weighted by Crippen LogP contribution is 2.35. The molecular weight excluding hydrogens is 482 g/mol. The topological polar surface area (TPSA) is 62.2 Å². The Morgan fingerprint density at radius 1 is 0.889 bits per heavy atom. The summed E-state index contributed by atoms with van der Waals surface area (Å²) in [5.74, 6) is 0.983. The Balaban J connectivity index is 1.20. The highest BCUT2D eigenvalue weighted by Gasteiger charge is 2.14. The first kappa shape index (κ1) is 23.8. The van der Waals surface area contributed by atoms with E-state index in [9.17, 15) is 0 Å². The number of aliphatic imine (C=N–C) groups is 1. The van der Waals surface area contributed by atoms with Gasteiger partial charge in [-0.2, -0.15) is 0 Å². The zero-order valence-corrected chi connectivity index (χ0v) is 21.2. The van der Waals surface area contributed by atoms with Gasteiger partial charge in [-0.05, 0) is 35.0 Å². The summed E-state index contributed by atoms with van der Waals surface area (Å²) in [6.07, 6.45) is 3.36. The van der Waals surface area contributed by atoms with E-state index in [1.54, 1.807) is 23.9 Å². The molecule has 3 aromatic carbocycles. The number of rotatable bonds is 8. The molecule has 0 aliphatic rings. The van der Waals surface area contributed by atoms with Gasteiger partial charge < -0.3 is 10.6 Å². The van der Waals surface area contributed by atoms with E-state index in [-0.39, 0.29) is 5.92 Å². The Morgan fingerprint density at radius 2 is 1.53 bits per heavy atom. The Morgan fingerprint density at radius 3 is 2.19 bits per heavy atom. The maximum Gasteiger partial charge on any atom is 0.192 e. The summed E-state index contributed by atoms with van der Waals surface area (Å²) in [6, 6.07) is 33.3. The Kier molecular flexibility index (Phi) is 7.70. The van der Waals surface area contributed by atoms with Crippen LogP contribution in [0.3, 0.4) is 0 Å². The van der Waals surface area contributed by atoms with Gasteiger partial charge in [0.25, 0.3) is 0 Å². The number of hydrogen-bond donors (Lipinski definition) is 2. The van der Waals surface area contributed by atoms with Crippen LogP contribution in [0.4, 0.5) is 5.82 Å². The monoisotopic (exact) mass is 507 g/mol. The van der Waals surface area contributed by atoms with Crippen LogP contribution in [0.1, 0.15) is 17.0 Å². The van der Waals surface area contributed by atoms with E-state index in [0.717, 1.165) is 16.0 Å². The number of thiophene rings is 1. The van der Waals surface area contributed by atoms with Crippen molar-refractivity contribution in [3.8, 4) is 10.4 Å². The standard InChI is InChI=1S/C29H25N5S2/c35-29(32-19-24(21-10-4-1-5-11-21)22-12-6-2-7-13-22)31-17-16-30-28-27-25(33-20-34-28)18-26(36-27)23-14-8-3-9-15-23/h1-15,17-18,20,24H,16,19H2,(H,32,35)(H,30,33,34)/b31-17+. The molecule has 0 saturated heterocycles. The van der Waals surface area contributed by atoms with Gasteiger partial charge in [-0.1, -0.05) is 91.0 Å². The molecule has 178 valence electrons. The summed E-state index contributed by atoms with van der Waals surface area (Å²) in [4.78, 5) is 14.5. The summed E-state index contributed by atoms with van der Waals surface area (Å²) in [6.45, 7) is 1.18. The number of nitrogens with one attached hydrogen (secondary N) is 2. The van der Waals surface area contributed by atoms with E-state index in [0.29, 0.717) is 18.2 Å². The molecule has 5 rings (SSSR count). The van der Waals surface area contributed by atoms with E-state index < -0.39 is 0 Å². The molecule has 0 amide bonds. The van der Waals surface area contributed by atoms with Gasteiger partial charge in [0.2, 0.25) is 0 Å². The highest BCUT2D eigenvalue weighted by molar-refractivity contribution is 7.80.